The number of hydrogen-bond acceptors (Lipinski definition) is 8. The summed E-state index contributed by atoms with van der Waals surface area (Å²) in [5.74, 6) is -0.192. The first-order valence-corrected chi connectivity index (χ1v) is 18.1. The molecule has 0 aromatic rings. The Balaban J connectivity index is 2.45. The molecule has 264 valence electrons. The summed E-state index contributed by atoms with van der Waals surface area (Å²) in [7, 11) is 0. The van der Waals surface area contributed by atoms with Crippen molar-refractivity contribution < 1.29 is 39.8 Å². The fourth-order valence-corrected chi connectivity index (χ4v) is 5.51. The van der Waals surface area contributed by atoms with E-state index in [1.54, 1.807) is 6.08 Å². The Kier molecular flexibility index (Phi) is 25.7. The quantitative estimate of drug-likeness (QED) is 0.0478. The van der Waals surface area contributed by atoms with Gasteiger partial charge in [-0.1, -0.05) is 134 Å². The summed E-state index contributed by atoms with van der Waals surface area (Å²) in [4.78, 5) is 12.8. The van der Waals surface area contributed by atoms with Crippen LogP contribution in [0.25, 0.3) is 0 Å². The lowest BCUT2D eigenvalue weighted by Crippen LogP contribution is -2.60. The molecule has 7 unspecified atom stereocenters. The van der Waals surface area contributed by atoms with Crippen LogP contribution in [0.2, 0.25) is 0 Å². The molecule has 0 bridgehead atoms. The minimum atomic E-state index is -1.57. The van der Waals surface area contributed by atoms with Gasteiger partial charge in [-0.2, -0.15) is 0 Å². The zero-order chi connectivity index (χ0) is 33.1. The van der Waals surface area contributed by atoms with Gasteiger partial charge in [0.05, 0.1) is 25.4 Å². The van der Waals surface area contributed by atoms with Crippen molar-refractivity contribution in [3.63, 3.8) is 0 Å². The first-order chi connectivity index (χ1) is 21.8. The zero-order valence-electron chi connectivity index (χ0n) is 28.4. The molecule has 0 aromatic carbocycles. The molecular weight excluding hydrogens is 574 g/mol. The van der Waals surface area contributed by atoms with Gasteiger partial charge in [-0.3, -0.25) is 4.79 Å². The smallest absolute Gasteiger partial charge is 0.220 e. The Morgan fingerprint density at radius 1 is 0.733 bits per heavy atom. The molecule has 1 aliphatic rings. The molecule has 1 fully saturated rings. The lowest BCUT2D eigenvalue weighted by molar-refractivity contribution is -0.302. The van der Waals surface area contributed by atoms with Crippen molar-refractivity contribution in [1.82, 2.24) is 5.32 Å². The van der Waals surface area contributed by atoms with E-state index >= 15 is 0 Å². The van der Waals surface area contributed by atoms with Crippen LogP contribution in [0.1, 0.15) is 142 Å². The predicted octanol–water partition coefficient (Wildman–Crippen LogP) is 5.60. The van der Waals surface area contributed by atoms with E-state index in [1.807, 2.05) is 6.08 Å². The molecule has 0 radical (unpaired) electrons. The van der Waals surface area contributed by atoms with Crippen molar-refractivity contribution >= 4 is 5.91 Å². The summed E-state index contributed by atoms with van der Waals surface area (Å²) in [6.07, 6.45) is 22.4. The Morgan fingerprint density at radius 3 is 1.84 bits per heavy atom. The van der Waals surface area contributed by atoms with E-state index in [0.717, 1.165) is 44.9 Å². The van der Waals surface area contributed by atoms with Crippen LogP contribution in [0.3, 0.4) is 0 Å². The number of aliphatic hydroxyl groups excluding tert-OH is 5. The largest absolute Gasteiger partial charge is 0.394 e. The highest BCUT2D eigenvalue weighted by atomic mass is 16.7. The number of allylic oxidation sites excluding steroid dienone is 3. The lowest BCUT2D eigenvalue weighted by atomic mass is 9.99. The summed E-state index contributed by atoms with van der Waals surface area (Å²) in [6.45, 7) is 3.65. The minimum absolute atomic E-state index is 0.192. The summed E-state index contributed by atoms with van der Waals surface area (Å²) in [6, 6.07) is -0.812. The number of ether oxygens (including phenoxy) is 2. The van der Waals surface area contributed by atoms with Crippen molar-refractivity contribution in [3.8, 4) is 0 Å². The molecule has 1 heterocycles. The van der Waals surface area contributed by atoms with Crippen LogP contribution in [0.5, 0.6) is 0 Å². The SMILES string of the molecule is CCCC/C=C/CC/C=C/C(O)C(COC1OC(CO)C(O)C(O)C1O)NC(=O)CCCCCCCCCCCCCCCC. The second kappa shape index (κ2) is 27.8. The molecule has 0 saturated carbocycles. The lowest BCUT2D eigenvalue weighted by Gasteiger charge is -2.40. The highest BCUT2D eigenvalue weighted by Gasteiger charge is 2.44. The first-order valence-electron chi connectivity index (χ1n) is 18.1. The third-order valence-corrected chi connectivity index (χ3v) is 8.53. The molecule has 1 amide bonds. The van der Waals surface area contributed by atoms with E-state index in [9.17, 15) is 30.3 Å². The van der Waals surface area contributed by atoms with E-state index in [0.29, 0.717) is 6.42 Å². The van der Waals surface area contributed by atoms with Crippen molar-refractivity contribution in [2.75, 3.05) is 13.2 Å². The first kappa shape index (κ1) is 41.7. The number of amides is 1. The molecule has 7 atom stereocenters. The molecule has 1 aliphatic heterocycles. The summed E-state index contributed by atoms with van der Waals surface area (Å²) < 4.78 is 11.1. The summed E-state index contributed by atoms with van der Waals surface area (Å²) >= 11 is 0. The molecule has 6 N–H and O–H groups in total. The number of rotatable bonds is 28. The monoisotopic (exact) mass is 641 g/mol. The molecular formula is C36H67NO8. The molecule has 1 rings (SSSR count). The van der Waals surface area contributed by atoms with E-state index in [4.69, 9.17) is 9.47 Å². The van der Waals surface area contributed by atoms with Gasteiger partial charge < -0.3 is 40.3 Å². The number of aliphatic hydroxyl groups is 5. The van der Waals surface area contributed by atoms with E-state index < -0.39 is 49.5 Å². The second-order valence-electron chi connectivity index (χ2n) is 12.7. The van der Waals surface area contributed by atoms with Crippen molar-refractivity contribution in [2.24, 2.45) is 0 Å². The Labute approximate surface area is 273 Å². The van der Waals surface area contributed by atoms with Gasteiger partial charge in [0.2, 0.25) is 5.91 Å². The normalized spacial score (nSPS) is 23.6. The van der Waals surface area contributed by atoms with Crippen LogP contribution in [0, 0.1) is 0 Å². The van der Waals surface area contributed by atoms with Gasteiger partial charge in [-0.25, -0.2) is 0 Å². The fourth-order valence-electron chi connectivity index (χ4n) is 5.51. The summed E-state index contributed by atoms with van der Waals surface area (Å²) in [5.41, 5.74) is 0. The third kappa shape index (κ3) is 19.8. The number of hydrogen-bond donors (Lipinski definition) is 6. The van der Waals surface area contributed by atoms with E-state index in [1.165, 1.54) is 77.0 Å². The molecule has 0 spiro atoms. The zero-order valence-corrected chi connectivity index (χ0v) is 28.4. The fraction of sp³-hybridized carbons (Fsp3) is 0.861. The summed E-state index contributed by atoms with van der Waals surface area (Å²) in [5, 5.41) is 53.6. The maximum absolute atomic E-state index is 12.8. The maximum Gasteiger partial charge on any atom is 0.220 e. The maximum atomic E-state index is 12.8. The minimum Gasteiger partial charge on any atom is -0.394 e. The van der Waals surface area contributed by atoms with Gasteiger partial charge in [-0.15, -0.1) is 0 Å². The predicted molar refractivity (Wildman–Crippen MR) is 180 cm³/mol. The van der Waals surface area contributed by atoms with Crippen LogP contribution in [-0.4, -0.2) is 87.5 Å². The number of carbonyl (C=O) groups excluding carboxylic acids is 1. The van der Waals surface area contributed by atoms with Crippen LogP contribution in [0.15, 0.2) is 24.3 Å². The molecule has 9 heteroatoms. The van der Waals surface area contributed by atoms with Crippen LogP contribution in [-0.2, 0) is 14.3 Å². The van der Waals surface area contributed by atoms with E-state index in [-0.39, 0.29) is 12.5 Å². The van der Waals surface area contributed by atoms with Gasteiger partial charge in [0.25, 0.3) is 0 Å². The highest BCUT2D eigenvalue weighted by Crippen LogP contribution is 2.22. The molecule has 0 aromatic heterocycles. The van der Waals surface area contributed by atoms with Gasteiger partial charge in [-0.05, 0) is 25.7 Å². The molecule has 1 saturated heterocycles. The Hall–Kier alpha value is -1.33. The average Bonchev–Trinajstić information content (AvgIpc) is 3.04. The average molecular weight is 642 g/mol. The van der Waals surface area contributed by atoms with Crippen LogP contribution >= 0.6 is 0 Å². The number of carbonyl (C=O) groups is 1. The second-order valence-corrected chi connectivity index (χ2v) is 12.7. The van der Waals surface area contributed by atoms with Crippen molar-refractivity contribution in [3.05, 3.63) is 24.3 Å². The third-order valence-electron chi connectivity index (χ3n) is 8.53. The van der Waals surface area contributed by atoms with Crippen molar-refractivity contribution in [1.29, 1.82) is 0 Å². The van der Waals surface area contributed by atoms with Gasteiger partial charge in [0, 0.05) is 6.42 Å². The molecule has 45 heavy (non-hydrogen) atoms. The van der Waals surface area contributed by atoms with Crippen LogP contribution < -0.4 is 5.32 Å². The Morgan fingerprint density at radius 2 is 1.27 bits per heavy atom. The molecule has 0 aliphatic carbocycles. The van der Waals surface area contributed by atoms with Crippen molar-refractivity contribution in [2.45, 2.75) is 185 Å². The van der Waals surface area contributed by atoms with E-state index in [2.05, 4.69) is 31.3 Å². The van der Waals surface area contributed by atoms with Gasteiger partial charge in [0.15, 0.2) is 6.29 Å². The highest BCUT2D eigenvalue weighted by molar-refractivity contribution is 5.76. The number of nitrogens with one attached hydrogen (secondary N) is 1. The van der Waals surface area contributed by atoms with Crippen LogP contribution in [0.4, 0.5) is 0 Å². The number of unbranched alkanes of at least 4 members (excludes halogenated alkanes) is 16. The van der Waals surface area contributed by atoms with Gasteiger partial charge >= 0.3 is 0 Å². The Bertz CT molecular complexity index is 761. The standard InChI is InChI=1S/C36H67NO8/c1-3-5-7-9-11-13-14-15-16-17-18-20-22-24-26-32(40)37-29(30(39)25-23-21-19-12-10-8-6-4-2)28-44-36-35(43)34(42)33(41)31(27-38)45-36/h10,12,23,25,29-31,33-36,38-39,41-43H,3-9,11,13-22,24,26-28H2,1-2H3,(H,37,40)/b12-10+,25-23+. The van der Waals surface area contributed by atoms with Gasteiger partial charge in [0.1, 0.15) is 24.4 Å². The topological polar surface area (TPSA) is 149 Å². The molecule has 9 nitrogen and oxygen atoms in total.